The van der Waals surface area contributed by atoms with E-state index in [-0.39, 0.29) is 0 Å². The lowest BCUT2D eigenvalue weighted by Gasteiger charge is -2.20. The Morgan fingerprint density at radius 1 is 0.250 bits per heavy atom. The molecule has 0 aromatic carbocycles. The fourth-order valence-corrected chi connectivity index (χ4v) is 4.52. The van der Waals surface area contributed by atoms with Crippen molar-refractivity contribution >= 4 is 0 Å². The largest absolute Gasteiger partial charge is 0.0533 e. The average molecular weight is 279 g/mol. The van der Waals surface area contributed by atoms with Gasteiger partial charge in [0.05, 0.1) is 0 Å². The lowest BCUT2D eigenvalue weighted by atomic mass is 9.86. The topological polar surface area (TPSA) is 0 Å². The Balaban J connectivity index is 1.88. The second-order valence-electron chi connectivity index (χ2n) is 7.71. The zero-order valence-electron chi connectivity index (χ0n) is 13.9. The van der Waals surface area contributed by atoms with Crippen LogP contribution >= 0.6 is 0 Å². The van der Waals surface area contributed by atoms with Gasteiger partial charge in [0.15, 0.2) is 0 Å². The molecule has 0 heterocycles. The van der Waals surface area contributed by atoms with Crippen LogP contribution in [0.1, 0.15) is 116 Å². The molecule has 3 fully saturated rings. The van der Waals surface area contributed by atoms with Crippen LogP contribution in [0.25, 0.3) is 0 Å². The van der Waals surface area contributed by atoms with E-state index in [0.717, 1.165) is 11.8 Å². The fraction of sp³-hybridized carbons (Fsp3) is 1.00. The highest BCUT2D eigenvalue weighted by molar-refractivity contribution is 4.67. The minimum atomic E-state index is 1.08. The summed E-state index contributed by atoms with van der Waals surface area (Å²) in [7, 11) is 0. The predicted molar refractivity (Wildman–Crippen MR) is 90.1 cm³/mol. The third-order valence-corrected chi connectivity index (χ3v) is 5.92. The lowest BCUT2D eigenvalue weighted by molar-refractivity contribution is 0.333. The van der Waals surface area contributed by atoms with E-state index in [0.29, 0.717) is 0 Å². The van der Waals surface area contributed by atoms with Crippen molar-refractivity contribution in [1.29, 1.82) is 0 Å². The summed E-state index contributed by atoms with van der Waals surface area (Å²) in [6.45, 7) is 0. The van der Waals surface area contributed by atoms with Gasteiger partial charge in [0.2, 0.25) is 0 Å². The predicted octanol–water partition coefficient (Wildman–Crippen LogP) is 7.27. The molecule has 0 aliphatic heterocycles. The van der Waals surface area contributed by atoms with Crippen LogP contribution in [0, 0.1) is 11.8 Å². The standard InChI is InChI=1S/C20H38/c1-2-4-8-14-20-17-11-5-9-15-19(13-7-3-1)16-10-6-12-18-20/h19-20H,1-18H2. The summed E-state index contributed by atoms with van der Waals surface area (Å²) in [5.41, 5.74) is 0. The van der Waals surface area contributed by atoms with Crippen LogP contribution in [0.5, 0.6) is 0 Å². The van der Waals surface area contributed by atoms with Gasteiger partial charge >= 0.3 is 0 Å². The van der Waals surface area contributed by atoms with Gasteiger partial charge in [-0.25, -0.2) is 0 Å². The van der Waals surface area contributed by atoms with Gasteiger partial charge in [-0.1, -0.05) is 116 Å². The average Bonchev–Trinajstić information content (AvgIpc) is 2.46. The summed E-state index contributed by atoms with van der Waals surface area (Å²) in [5, 5.41) is 0. The van der Waals surface area contributed by atoms with Crippen LogP contribution < -0.4 is 0 Å². The Hall–Kier alpha value is 0. The van der Waals surface area contributed by atoms with Crippen molar-refractivity contribution in [2.45, 2.75) is 116 Å². The molecule has 3 aliphatic carbocycles. The van der Waals surface area contributed by atoms with Gasteiger partial charge in [0, 0.05) is 0 Å². The summed E-state index contributed by atoms with van der Waals surface area (Å²) < 4.78 is 0. The summed E-state index contributed by atoms with van der Waals surface area (Å²) in [6.07, 6.45) is 27.5. The zero-order valence-corrected chi connectivity index (χ0v) is 13.9. The third-order valence-electron chi connectivity index (χ3n) is 5.92. The smallest absolute Gasteiger partial charge is 0.0414 e. The Morgan fingerprint density at radius 2 is 0.450 bits per heavy atom. The highest BCUT2D eigenvalue weighted by atomic mass is 14.2. The summed E-state index contributed by atoms with van der Waals surface area (Å²) in [6, 6.07) is 0. The molecular weight excluding hydrogens is 240 g/mol. The number of rotatable bonds is 0. The second kappa shape index (κ2) is 10.7. The Morgan fingerprint density at radius 3 is 0.750 bits per heavy atom. The van der Waals surface area contributed by atoms with E-state index in [9.17, 15) is 0 Å². The summed E-state index contributed by atoms with van der Waals surface area (Å²) >= 11 is 0. The molecule has 0 spiro atoms. The molecular formula is C20H38. The van der Waals surface area contributed by atoms with Crippen molar-refractivity contribution in [1.82, 2.24) is 0 Å². The van der Waals surface area contributed by atoms with Gasteiger partial charge < -0.3 is 0 Å². The van der Waals surface area contributed by atoms with E-state index in [1.54, 1.807) is 38.5 Å². The monoisotopic (exact) mass is 278 g/mol. The molecule has 3 saturated carbocycles. The van der Waals surface area contributed by atoms with E-state index in [1.807, 2.05) is 0 Å². The molecule has 3 rings (SSSR count). The Bertz CT molecular complexity index is 179. The van der Waals surface area contributed by atoms with Gasteiger partial charge in [0.1, 0.15) is 0 Å². The molecule has 0 heteroatoms. The van der Waals surface area contributed by atoms with Crippen molar-refractivity contribution in [2.24, 2.45) is 11.8 Å². The zero-order chi connectivity index (χ0) is 13.9. The molecule has 0 N–H and O–H groups in total. The maximum atomic E-state index is 1.55. The number of fused-ring (bicyclic) bond motifs is 15. The molecule has 0 atom stereocenters. The maximum Gasteiger partial charge on any atom is -0.0414 e. The van der Waals surface area contributed by atoms with E-state index in [1.165, 1.54) is 77.0 Å². The first-order valence-corrected chi connectivity index (χ1v) is 9.95. The van der Waals surface area contributed by atoms with E-state index < -0.39 is 0 Å². The highest BCUT2D eigenvalue weighted by Crippen LogP contribution is 2.29. The first kappa shape index (κ1) is 16.4. The van der Waals surface area contributed by atoms with Gasteiger partial charge in [0.25, 0.3) is 0 Å². The second-order valence-corrected chi connectivity index (χ2v) is 7.71. The normalized spacial score (nSPS) is 32.4. The van der Waals surface area contributed by atoms with Crippen LogP contribution in [0.3, 0.4) is 0 Å². The quantitative estimate of drug-likeness (QED) is 0.437. The van der Waals surface area contributed by atoms with Crippen molar-refractivity contribution in [3.63, 3.8) is 0 Å². The third kappa shape index (κ3) is 7.14. The molecule has 0 aromatic heterocycles. The van der Waals surface area contributed by atoms with Crippen LogP contribution in [-0.2, 0) is 0 Å². The van der Waals surface area contributed by atoms with Crippen molar-refractivity contribution in [3.8, 4) is 0 Å². The molecule has 0 aromatic rings. The number of hydrogen-bond acceptors (Lipinski definition) is 0. The summed E-state index contributed by atoms with van der Waals surface area (Å²) in [4.78, 5) is 0. The van der Waals surface area contributed by atoms with Gasteiger partial charge in [-0.2, -0.15) is 0 Å². The fourth-order valence-electron chi connectivity index (χ4n) is 4.52. The minimum absolute atomic E-state index is 1.08. The molecule has 118 valence electrons. The van der Waals surface area contributed by atoms with Crippen molar-refractivity contribution < 1.29 is 0 Å². The minimum Gasteiger partial charge on any atom is -0.0533 e. The molecule has 0 radical (unpaired) electrons. The van der Waals surface area contributed by atoms with Crippen LogP contribution in [0.4, 0.5) is 0 Å². The number of hydrogen-bond donors (Lipinski definition) is 0. The Kier molecular flexibility index (Phi) is 8.75. The van der Waals surface area contributed by atoms with Crippen LogP contribution in [0.15, 0.2) is 0 Å². The van der Waals surface area contributed by atoms with Crippen molar-refractivity contribution in [3.05, 3.63) is 0 Å². The van der Waals surface area contributed by atoms with Gasteiger partial charge in [-0.05, 0) is 11.8 Å². The molecule has 3 aliphatic rings. The lowest BCUT2D eigenvalue weighted by Crippen LogP contribution is -2.05. The van der Waals surface area contributed by atoms with E-state index in [2.05, 4.69) is 0 Å². The molecule has 0 nitrogen and oxygen atoms in total. The van der Waals surface area contributed by atoms with E-state index >= 15 is 0 Å². The molecule has 0 unspecified atom stereocenters. The Labute approximate surface area is 128 Å². The van der Waals surface area contributed by atoms with Crippen molar-refractivity contribution in [2.75, 3.05) is 0 Å². The molecule has 20 heavy (non-hydrogen) atoms. The SMILES string of the molecule is C1CCCCC2CCCCCC(CCC1)CCCCC2. The highest BCUT2D eigenvalue weighted by Gasteiger charge is 2.13. The maximum absolute atomic E-state index is 1.55. The summed E-state index contributed by atoms with van der Waals surface area (Å²) in [5.74, 6) is 2.16. The van der Waals surface area contributed by atoms with Crippen LogP contribution in [-0.4, -0.2) is 0 Å². The molecule has 2 bridgehead atoms. The van der Waals surface area contributed by atoms with Gasteiger partial charge in [-0.15, -0.1) is 0 Å². The molecule has 0 saturated heterocycles. The first-order valence-electron chi connectivity index (χ1n) is 9.95. The van der Waals surface area contributed by atoms with E-state index in [4.69, 9.17) is 0 Å². The first-order chi connectivity index (χ1) is 9.95. The van der Waals surface area contributed by atoms with Gasteiger partial charge in [-0.3, -0.25) is 0 Å². The molecule has 0 amide bonds. The van der Waals surface area contributed by atoms with Crippen LogP contribution in [0.2, 0.25) is 0 Å².